The number of Topliss-reactive ketones (excluding diaryl/α,β-unsaturated/α-hetero) is 1. The van der Waals surface area contributed by atoms with Gasteiger partial charge in [-0.1, -0.05) is 86.9 Å². The summed E-state index contributed by atoms with van der Waals surface area (Å²) in [5.41, 5.74) is 13.8. The van der Waals surface area contributed by atoms with Crippen molar-refractivity contribution in [3.63, 3.8) is 0 Å². The molecule has 1 aromatic heterocycles. The molecule has 0 spiro atoms. The Morgan fingerprint density at radius 3 is 2.29 bits per heavy atom. The molecule has 310 valence electrons. The number of nitrogens with zero attached hydrogens (tertiary/aromatic N) is 1. The first kappa shape index (κ1) is 44.3. The van der Waals surface area contributed by atoms with Gasteiger partial charge in [0, 0.05) is 24.8 Å². The van der Waals surface area contributed by atoms with Gasteiger partial charge < -0.3 is 26.0 Å². The number of aromatic hydroxyl groups is 1. The van der Waals surface area contributed by atoms with E-state index in [1.165, 1.54) is 55.6 Å². The fourth-order valence-corrected chi connectivity index (χ4v) is 8.99. The first-order valence-electron chi connectivity index (χ1n) is 21.4. The van der Waals surface area contributed by atoms with E-state index in [1.54, 1.807) is 24.4 Å². The Kier molecular flexibility index (Phi) is 17.1. The van der Waals surface area contributed by atoms with E-state index in [1.807, 2.05) is 12.1 Å². The molecule has 1 aliphatic rings. The van der Waals surface area contributed by atoms with Crippen molar-refractivity contribution in [1.29, 1.82) is 0 Å². The fourth-order valence-electron chi connectivity index (χ4n) is 8.99. The van der Waals surface area contributed by atoms with Gasteiger partial charge in [-0.15, -0.1) is 0 Å². The second kappa shape index (κ2) is 22.4. The summed E-state index contributed by atoms with van der Waals surface area (Å²) in [6.45, 7) is 2.53. The number of aliphatic hydroxyl groups is 1. The first-order valence-corrected chi connectivity index (χ1v) is 21.4. The predicted octanol–water partition coefficient (Wildman–Crippen LogP) is 9.20. The Balaban J connectivity index is 1.19. The zero-order valence-corrected chi connectivity index (χ0v) is 35.0. The Labute approximate surface area is 346 Å². The molecule has 1 saturated carbocycles. The summed E-state index contributed by atoms with van der Waals surface area (Å²) >= 11 is 0. The van der Waals surface area contributed by atoms with E-state index in [0.29, 0.717) is 41.8 Å². The lowest BCUT2D eigenvalue weighted by atomic mass is 9.76. The van der Waals surface area contributed by atoms with E-state index in [-0.39, 0.29) is 35.9 Å². The number of ether oxygens (including phenoxy) is 1. The normalized spacial score (nSPS) is 14.8. The number of rotatable bonds is 24. The summed E-state index contributed by atoms with van der Waals surface area (Å²) in [6, 6.07) is 24.6. The average Bonchev–Trinajstić information content (AvgIpc) is 3.73. The van der Waals surface area contributed by atoms with E-state index in [4.69, 9.17) is 10.5 Å². The number of methoxy groups -OCH3 is 1. The van der Waals surface area contributed by atoms with Crippen LogP contribution < -0.4 is 15.8 Å². The maximum absolute atomic E-state index is 13.1. The average molecular weight is 788 g/mol. The van der Waals surface area contributed by atoms with Gasteiger partial charge in [-0.2, -0.15) is 0 Å². The Morgan fingerprint density at radius 2 is 1.59 bits per heavy atom. The summed E-state index contributed by atoms with van der Waals surface area (Å²) in [5, 5.41) is 23.9. The van der Waals surface area contributed by atoms with E-state index in [2.05, 4.69) is 72.8 Å². The topological polar surface area (TPSA) is 135 Å². The third-order valence-electron chi connectivity index (χ3n) is 12.4. The fraction of sp³-hybridized carbons (Fsp3) is 0.460. The summed E-state index contributed by atoms with van der Waals surface area (Å²) < 4.78 is 5.42. The minimum atomic E-state index is -0.258. The Hall–Kier alpha value is -4.79. The largest absolute Gasteiger partial charge is 0.504 e. The molecular formula is C50H65N3O5. The van der Waals surface area contributed by atoms with Gasteiger partial charge in [0.15, 0.2) is 17.3 Å². The maximum atomic E-state index is 13.1. The van der Waals surface area contributed by atoms with Crippen molar-refractivity contribution < 1.29 is 24.5 Å². The van der Waals surface area contributed by atoms with Crippen molar-refractivity contribution >= 4 is 23.5 Å². The highest BCUT2D eigenvalue weighted by Gasteiger charge is 2.38. The number of nitrogens with one attached hydrogen (secondary N) is 1. The molecule has 58 heavy (non-hydrogen) atoms. The summed E-state index contributed by atoms with van der Waals surface area (Å²) in [6.07, 6.45) is 18.6. The number of pyridine rings is 1. The molecule has 0 amide bonds. The lowest BCUT2D eigenvalue weighted by molar-refractivity contribution is -0.124. The molecule has 5 rings (SSSR count). The Morgan fingerprint density at radius 1 is 0.897 bits per heavy atom. The number of carbonyl (C=O) groups excluding carboxylic acids is 2. The second-order valence-electron chi connectivity index (χ2n) is 16.5. The third-order valence-corrected chi connectivity index (χ3v) is 12.4. The number of aliphatic hydroxyl groups excluding tert-OH is 1. The molecule has 0 bridgehead atoms. The van der Waals surface area contributed by atoms with Gasteiger partial charge in [0.2, 0.25) is 0 Å². The van der Waals surface area contributed by atoms with Crippen molar-refractivity contribution in [3.05, 3.63) is 124 Å². The van der Waals surface area contributed by atoms with E-state index in [0.717, 1.165) is 74.5 Å². The van der Waals surface area contributed by atoms with E-state index < -0.39 is 0 Å². The van der Waals surface area contributed by atoms with Gasteiger partial charge in [-0.25, -0.2) is 4.98 Å². The van der Waals surface area contributed by atoms with E-state index in [9.17, 15) is 19.8 Å². The number of carbonyl (C=O) groups is 2. The van der Waals surface area contributed by atoms with Crippen LogP contribution in [0.5, 0.6) is 11.5 Å². The molecule has 0 radical (unpaired) electrons. The molecule has 3 aromatic carbocycles. The number of anilines is 1. The van der Waals surface area contributed by atoms with Crippen molar-refractivity contribution in [2.45, 2.75) is 115 Å². The smallest absolute Gasteiger partial charge is 0.163 e. The maximum Gasteiger partial charge on any atom is 0.163 e. The highest BCUT2D eigenvalue weighted by Crippen LogP contribution is 2.40. The first-order chi connectivity index (χ1) is 28.1. The molecule has 8 nitrogen and oxygen atoms in total. The number of nitrogen functional groups attached to an aromatic ring is 1. The number of phenolic OH excluding ortho intramolecular Hbond substituents is 1. The third kappa shape index (κ3) is 13.1. The molecule has 1 aliphatic carbocycles. The zero-order valence-electron chi connectivity index (χ0n) is 35.0. The number of benzene rings is 3. The number of aryl methyl sites for hydroxylation is 4. The van der Waals surface area contributed by atoms with E-state index >= 15 is 0 Å². The predicted molar refractivity (Wildman–Crippen MR) is 235 cm³/mol. The molecule has 1 heterocycles. The van der Waals surface area contributed by atoms with Crippen molar-refractivity contribution in [1.82, 2.24) is 10.3 Å². The van der Waals surface area contributed by atoms with Crippen LogP contribution in [0.3, 0.4) is 0 Å². The number of allylic oxidation sites excluding steroid dienone is 1. The minimum absolute atomic E-state index is 0.00415. The monoisotopic (exact) mass is 787 g/mol. The van der Waals surface area contributed by atoms with Crippen molar-refractivity contribution in [2.24, 2.45) is 11.8 Å². The van der Waals surface area contributed by atoms with Crippen LogP contribution in [0, 0.1) is 11.8 Å². The second-order valence-corrected chi connectivity index (χ2v) is 16.5. The van der Waals surface area contributed by atoms with Crippen molar-refractivity contribution in [3.8, 4) is 11.5 Å². The van der Waals surface area contributed by atoms with Gasteiger partial charge in [-0.05, 0) is 153 Å². The van der Waals surface area contributed by atoms with Crippen LogP contribution in [0.15, 0.2) is 85.1 Å². The number of aromatic nitrogens is 1. The van der Waals surface area contributed by atoms with Gasteiger partial charge in [-0.3, -0.25) is 9.59 Å². The van der Waals surface area contributed by atoms with Crippen LogP contribution >= 0.6 is 0 Å². The highest BCUT2D eigenvalue weighted by molar-refractivity contribution is 6.06. The lowest BCUT2D eigenvalue weighted by Gasteiger charge is -2.37. The van der Waals surface area contributed by atoms with Crippen LogP contribution in [-0.2, 0) is 41.7 Å². The zero-order chi connectivity index (χ0) is 41.3. The lowest BCUT2D eigenvalue weighted by Crippen LogP contribution is -2.46. The summed E-state index contributed by atoms with van der Waals surface area (Å²) in [4.78, 5) is 30.5. The quantitative estimate of drug-likeness (QED) is 0.0408. The molecule has 0 aliphatic heterocycles. The van der Waals surface area contributed by atoms with Gasteiger partial charge in [0.1, 0.15) is 11.6 Å². The molecule has 1 fully saturated rings. The number of ketones is 2. The summed E-state index contributed by atoms with van der Waals surface area (Å²) in [7, 11) is 3.57. The number of hydrogen-bond acceptors (Lipinski definition) is 8. The minimum Gasteiger partial charge on any atom is -0.504 e. The number of phenols is 1. The van der Waals surface area contributed by atoms with Crippen LogP contribution in [0.1, 0.15) is 116 Å². The SMILES string of the molecule is CNC1(C(C)CC(CCCO)CCCC(=O)CC(=O)C=Cc2cc(OC)c(O)cc2Cc2cnc(N)cc2CCc2cccc(CCc3ccccc3)c2)CCCC1. The van der Waals surface area contributed by atoms with Gasteiger partial charge >= 0.3 is 0 Å². The molecule has 2 unspecified atom stereocenters. The molecule has 4 aromatic rings. The van der Waals surface area contributed by atoms with Crippen LogP contribution in [0.2, 0.25) is 0 Å². The number of hydrogen-bond donors (Lipinski definition) is 4. The molecule has 0 saturated heterocycles. The molecule has 2 atom stereocenters. The van der Waals surface area contributed by atoms with Crippen LogP contribution in [0.4, 0.5) is 5.82 Å². The van der Waals surface area contributed by atoms with Crippen LogP contribution in [-0.4, -0.2) is 53.1 Å². The Bertz CT molecular complexity index is 1950. The van der Waals surface area contributed by atoms with Crippen molar-refractivity contribution in [2.75, 3.05) is 26.5 Å². The molecular weight excluding hydrogens is 723 g/mol. The van der Waals surface area contributed by atoms with Crippen LogP contribution in [0.25, 0.3) is 6.08 Å². The highest BCUT2D eigenvalue weighted by atomic mass is 16.5. The number of nitrogens with two attached hydrogens (primary N) is 1. The van der Waals surface area contributed by atoms with Gasteiger partial charge in [0.25, 0.3) is 0 Å². The standard InChI is InChI=1S/C50H65N3O5/c1-36(50(52-2)25-7-8-26-50)28-38(17-11-27-54)16-10-18-45(55)34-46(56)24-23-41-32-48(58-3)47(57)31-43(41)30-44-35-53-49(51)33-42(44)22-21-40-15-9-14-39(29-40)20-19-37-12-5-4-6-13-37/h4-6,9,12-15,23-24,29,31-33,35-36,38,52,54,57H,7-8,10-11,16-22,25-28,30,34H2,1-3H3,(H2,51,53). The molecule has 5 N–H and O–H groups in total. The molecule has 8 heteroatoms. The summed E-state index contributed by atoms with van der Waals surface area (Å²) in [5.74, 6) is 1.40. The van der Waals surface area contributed by atoms with Gasteiger partial charge in [0.05, 0.1) is 13.5 Å².